The van der Waals surface area contributed by atoms with E-state index in [1.54, 1.807) is 13.0 Å². The zero-order valence-electron chi connectivity index (χ0n) is 12.2. The van der Waals surface area contributed by atoms with Gasteiger partial charge in [0.05, 0.1) is 5.69 Å². The summed E-state index contributed by atoms with van der Waals surface area (Å²) in [6, 6.07) is 12.2. The van der Waals surface area contributed by atoms with Gasteiger partial charge in [-0.1, -0.05) is 18.2 Å². The molecular formula is C17H17FN2O2. The molecule has 0 saturated heterocycles. The average molecular weight is 300 g/mol. The summed E-state index contributed by atoms with van der Waals surface area (Å²) in [5, 5.41) is 6.08. The van der Waals surface area contributed by atoms with Crippen LogP contribution < -0.4 is 15.4 Å². The Morgan fingerprint density at radius 2 is 1.95 bits per heavy atom. The molecule has 1 atom stereocenters. The fourth-order valence-electron chi connectivity index (χ4n) is 2.36. The predicted molar refractivity (Wildman–Crippen MR) is 82.1 cm³/mol. The molecule has 1 heterocycles. The summed E-state index contributed by atoms with van der Waals surface area (Å²) in [6.45, 7) is 2.91. The minimum atomic E-state index is -0.468. The fourth-order valence-corrected chi connectivity index (χ4v) is 2.36. The van der Waals surface area contributed by atoms with Gasteiger partial charge in [0.1, 0.15) is 11.6 Å². The van der Waals surface area contributed by atoms with Gasteiger partial charge in [-0.2, -0.15) is 0 Å². The quantitative estimate of drug-likeness (QED) is 0.913. The molecule has 0 radical (unpaired) electrons. The number of carbonyl (C=O) groups excluding carboxylic acids is 1. The molecule has 1 aliphatic heterocycles. The Labute approximate surface area is 128 Å². The largest absolute Gasteiger partial charge is 0.479 e. The van der Waals surface area contributed by atoms with Crippen LogP contribution in [0.2, 0.25) is 0 Å². The van der Waals surface area contributed by atoms with E-state index in [0.29, 0.717) is 24.5 Å². The van der Waals surface area contributed by atoms with Gasteiger partial charge in [-0.05, 0) is 42.3 Å². The van der Waals surface area contributed by atoms with Crippen LogP contribution in [0.3, 0.4) is 0 Å². The summed E-state index contributed by atoms with van der Waals surface area (Å²) < 4.78 is 18.6. The van der Waals surface area contributed by atoms with Crippen molar-refractivity contribution < 1.29 is 13.9 Å². The molecule has 1 amide bonds. The normalized spacial score (nSPS) is 16.6. The van der Waals surface area contributed by atoms with Gasteiger partial charge in [0.2, 0.25) is 0 Å². The van der Waals surface area contributed by atoms with Crippen molar-refractivity contribution in [1.29, 1.82) is 0 Å². The van der Waals surface area contributed by atoms with Gasteiger partial charge in [-0.3, -0.25) is 4.79 Å². The second kappa shape index (κ2) is 6.15. The van der Waals surface area contributed by atoms with Gasteiger partial charge in [0, 0.05) is 13.1 Å². The number of halogens is 1. The van der Waals surface area contributed by atoms with Crippen LogP contribution in [0.15, 0.2) is 42.5 Å². The molecule has 0 bridgehead atoms. The standard InChI is InChI=1S/C17H17FN2O2/c1-11-17(21)20-15-8-13(5-6-16(15)22-11)10-19-9-12-3-2-4-14(18)7-12/h2-8,11,19H,9-10H2,1H3,(H,20,21). The Bertz CT molecular complexity index is 703. The van der Waals surface area contributed by atoms with E-state index in [1.165, 1.54) is 12.1 Å². The lowest BCUT2D eigenvalue weighted by Crippen LogP contribution is -2.34. The van der Waals surface area contributed by atoms with E-state index in [4.69, 9.17) is 4.74 Å². The van der Waals surface area contributed by atoms with E-state index in [9.17, 15) is 9.18 Å². The van der Waals surface area contributed by atoms with Crippen molar-refractivity contribution in [3.8, 4) is 5.75 Å². The number of fused-ring (bicyclic) bond motifs is 1. The number of ether oxygens (including phenoxy) is 1. The lowest BCUT2D eigenvalue weighted by atomic mass is 10.1. The van der Waals surface area contributed by atoms with Gasteiger partial charge in [-0.15, -0.1) is 0 Å². The van der Waals surface area contributed by atoms with Crippen molar-refractivity contribution in [2.75, 3.05) is 5.32 Å². The number of amides is 1. The van der Waals surface area contributed by atoms with Gasteiger partial charge < -0.3 is 15.4 Å². The number of carbonyl (C=O) groups is 1. The Balaban J connectivity index is 1.62. The minimum Gasteiger partial charge on any atom is -0.479 e. The van der Waals surface area contributed by atoms with Crippen LogP contribution in [0.4, 0.5) is 10.1 Å². The first kappa shape index (κ1) is 14.5. The molecule has 2 N–H and O–H groups in total. The smallest absolute Gasteiger partial charge is 0.265 e. The molecule has 0 saturated carbocycles. The highest BCUT2D eigenvalue weighted by Gasteiger charge is 2.23. The molecule has 0 spiro atoms. The third-order valence-electron chi connectivity index (χ3n) is 3.52. The summed E-state index contributed by atoms with van der Waals surface area (Å²) in [5.41, 5.74) is 2.60. The Kier molecular flexibility index (Phi) is 4.06. The molecule has 0 aliphatic carbocycles. The van der Waals surface area contributed by atoms with Crippen LogP contribution in [0.25, 0.3) is 0 Å². The van der Waals surface area contributed by atoms with E-state index >= 15 is 0 Å². The van der Waals surface area contributed by atoms with Gasteiger partial charge >= 0.3 is 0 Å². The summed E-state index contributed by atoms with van der Waals surface area (Å²) >= 11 is 0. The number of nitrogens with one attached hydrogen (secondary N) is 2. The molecule has 5 heteroatoms. The summed E-state index contributed by atoms with van der Waals surface area (Å²) in [4.78, 5) is 11.6. The molecule has 4 nitrogen and oxygen atoms in total. The van der Waals surface area contributed by atoms with E-state index in [0.717, 1.165) is 11.1 Å². The van der Waals surface area contributed by atoms with Gasteiger partial charge in [-0.25, -0.2) is 4.39 Å². The number of hydrogen-bond acceptors (Lipinski definition) is 3. The molecule has 114 valence electrons. The monoisotopic (exact) mass is 300 g/mol. The van der Waals surface area contributed by atoms with Gasteiger partial charge in [0.15, 0.2) is 6.10 Å². The SMILES string of the molecule is CC1Oc2ccc(CNCc3cccc(F)c3)cc2NC1=O. The molecule has 0 aromatic heterocycles. The molecular weight excluding hydrogens is 283 g/mol. The highest BCUT2D eigenvalue weighted by molar-refractivity contribution is 5.97. The number of anilines is 1. The lowest BCUT2D eigenvalue weighted by Gasteiger charge is -2.23. The highest BCUT2D eigenvalue weighted by Crippen LogP contribution is 2.30. The lowest BCUT2D eigenvalue weighted by molar-refractivity contribution is -0.122. The average Bonchev–Trinajstić information content (AvgIpc) is 2.49. The highest BCUT2D eigenvalue weighted by atomic mass is 19.1. The van der Waals surface area contributed by atoms with Crippen LogP contribution in [-0.2, 0) is 17.9 Å². The number of hydrogen-bond donors (Lipinski definition) is 2. The summed E-state index contributed by atoms with van der Waals surface area (Å²) in [6.07, 6.45) is -0.468. The van der Waals surface area contributed by atoms with E-state index in [-0.39, 0.29) is 11.7 Å². The number of benzene rings is 2. The van der Waals surface area contributed by atoms with Crippen molar-refractivity contribution in [1.82, 2.24) is 5.32 Å². The second-order valence-electron chi connectivity index (χ2n) is 5.31. The Morgan fingerprint density at radius 3 is 2.73 bits per heavy atom. The van der Waals surface area contributed by atoms with E-state index in [1.807, 2.05) is 24.3 Å². The maximum Gasteiger partial charge on any atom is 0.265 e. The zero-order valence-corrected chi connectivity index (χ0v) is 12.2. The first-order valence-corrected chi connectivity index (χ1v) is 7.17. The Morgan fingerprint density at radius 1 is 1.18 bits per heavy atom. The van der Waals surface area contributed by atoms with Crippen molar-refractivity contribution >= 4 is 11.6 Å². The second-order valence-corrected chi connectivity index (χ2v) is 5.31. The van der Waals surface area contributed by atoms with Crippen LogP contribution in [0, 0.1) is 5.82 Å². The predicted octanol–water partition coefficient (Wildman–Crippen LogP) is 2.83. The van der Waals surface area contributed by atoms with Crippen LogP contribution in [-0.4, -0.2) is 12.0 Å². The molecule has 22 heavy (non-hydrogen) atoms. The van der Waals surface area contributed by atoms with Crippen molar-refractivity contribution in [3.63, 3.8) is 0 Å². The third-order valence-corrected chi connectivity index (χ3v) is 3.52. The Hall–Kier alpha value is -2.40. The first-order chi connectivity index (χ1) is 10.6. The van der Waals surface area contributed by atoms with E-state index in [2.05, 4.69) is 10.6 Å². The first-order valence-electron chi connectivity index (χ1n) is 7.17. The molecule has 0 fully saturated rings. The molecule has 3 rings (SSSR count). The van der Waals surface area contributed by atoms with Crippen molar-refractivity contribution in [3.05, 3.63) is 59.4 Å². The summed E-state index contributed by atoms with van der Waals surface area (Å²) in [5.74, 6) is 0.306. The topological polar surface area (TPSA) is 50.4 Å². The van der Waals surface area contributed by atoms with Crippen molar-refractivity contribution in [2.45, 2.75) is 26.1 Å². The van der Waals surface area contributed by atoms with Crippen molar-refractivity contribution in [2.24, 2.45) is 0 Å². The van der Waals surface area contributed by atoms with Crippen LogP contribution >= 0.6 is 0 Å². The zero-order chi connectivity index (χ0) is 15.5. The third kappa shape index (κ3) is 3.26. The number of rotatable bonds is 4. The minimum absolute atomic E-state index is 0.141. The van der Waals surface area contributed by atoms with Gasteiger partial charge in [0.25, 0.3) is 5.91 Å². The molecule has 2 aromatic rings. The van der Waals surface area contributed by atoms with Crippen LogP contribution in [0.5, 0.6) is 5.75 Å². The molecule has 1 aliphatic rings. The molecule has 1 unspecified atom stereocenters. The fraction of sp³-hybridized carbons (Fsp3) is 0.235. The summed E-state index contributed by atoms with van der Waals surface area (Å²) in [7, 11) is 0. The maximum absolute atomic E-state index is 13.1. The van der Waals surface area contributed by atoms with Crippen LogP contribution in [0.1, 0.15) is 18.1 Å². The molecule has 2 aromatic carbocycles. The maximum atomic E-state index is 13.1. The van der Waals surface area contributed by atoms with E-state index < -0.39 is 6.10 Å².